The van der Waals surface area contributed by atoms with Gasteiger partial charge < -0.3 is 10.5 Å². The predicted molar refractivity (Wildman–Crippen MR) is 95.1 cm³/mol. The van der Waals surface area contributed by atoms with Gasteiger partial charge in [-0.25, -0.2) is 8.42 Å². The first-order valence-corrected chi connectivity index (χ1v) is 9.41. The van der Waals surface area contributed by atoms with Crippen LogP contribution in [0, 0.1) is 0 Å². The number of benzene rings is 1. The van der Waals surface area contributed by atoms with Crippen molar-refractivity contribution >= 4 is 45.6 Å². The summed E-state index contributed by atoms with van der Waals surface area (Å²) in [7, 11) is -3.62. The molecule has 0 aromatic heterocycles. The molecule has 5 nitrogen and oxygen atoms in total. The molecule has 1 heterocycles. The number of nitrogens with two attached hydrogens (primary N) is 1. The second-order valence-corrected chi connectivity index (χ2v) is 7.94. The van der Waals surface area contributed by atoms with Crippen LogP contribution in [0.15, 0.2) is 23.1 Å². The topological polar surface area (TPSA) is 72.6 Å². The van der Waals surface area contributed by atoms with E-state index in [1.165, 1.54) is 16.4 Å². The van der Waals surface area contributed by atoms with Gasteiger partial charge >= 0.3 is 0 Å². The van der Waals surface area contributed by atoms with Crippen LogP contribution in [0.25, 0.3) is 0 Å². The Morgan fingerprint density at radius 1 is 1.26 bits per heavy atom. The number of rotatable bonds is 6. The Hall–Kier alpha value is -0.0800. The van der Waals surface area contributed by atoms with Crippen LogP contribution in [0.4, 0.5) is 0 Å². The lowest BCUT2D eigenvalue weighted by Crippen LogP contribution is -2.41. The van der Waals surface area contributed by atoms with Gasteiger partial charge in [-0.1, -0.05) is 23.2 Å². The third-order valence-electron chi connectivity index (χ3n) is 3.61. The van der Waals surface area contributed by atoms with Crippen molar-refractivity contribution in [3.05, 3.63) is 28.2 Å². The fraction of sp³-hybridized carbons (Fsp3) is 0.571. The molecule has 0 aliphatic carbocycles. The minimum atomic E-state index is -3.62. The number of piperidine rings is 1. The van der Waals surface area contributed by atoms with Crippen molar-refractivity contribution in [3.63, 3.8) is 0 Å². The standard InChI is InChI=1S/C14H20Cl2N2O3S.ClH/c15-11-2-3-13(16)14(10-11)22(19,20)18-7-4-12(5-8-18)21-9-1-6-17;/h2-3,10,12H,1,4-9,17H2;1H. The summed E-state index contributed by atoms with van der Waals surface area (Å²) in [5.41, 5.74) is 5.42. The fourth-order valence-corrected chi connectivity index (χ4v) is 4.59. The molecular weight excluding hydrogens is 383 g/mol. The molecule has 1 aromatic carbocycles. The molecule has 0 atom stereocenters. The van der Waals surface area contributed by atoms with E-state index < -0.39 is 10.0 Å². The highest BCUT2D eigenvalue weighted by Gasteiger charge is 2.31. The molecule has 0 amide bonds. The maximum absolute atomic E-state index is 12.7. The first-order chi connectivity index (χ1) is 10.4. The highest BCUT2D eigenvalue weighted by Crippen LogP contribution is 2.29. The van der Waals surface area contributed by atoms with Crippen molar-refractivity contribution in [1.29, 1.82) is 0 Å². The summed E-state index contributed by atoms with van der Waals surface area (Å²) in [5.74, 6) is 0. The van der Waals surface area contributed by atoms with Crippen LogP contribution >= 0.6 is 35.6 Å². The van der Waals surface area contributed by atoms with Gasteiger partial charge in [0.2, 0.25) is 10.0 Å². The zero-order valence-corrected chi connectivity index (χ0v) is 15.7. The molecule has 1 aliphatic rings. The van der Waals surface area contributed by atoms with Gasteiger partial charge in [0, 0.05) is 24.7 Å². The van der Waals surface area contributed by atoms with E-state index in [9.17, 15) is 8.42 Å². The molecule has 9 heteroatoms. The SMILES string of the molecule is Cl.NCCCOC1CCN(S(=O)(=O)c2cc(Cl)ccc2Cl)CC1. The molecular formula is C14H21Cl3N2O3S. The van der Waals surface area contributed by atoms with E-state index in [2.05, 4.69) is 0 Å². The van der Waals surface area contributed by atoms with Crippen molar-refractivity contribution < 1.29 is 13.2 Å². The Kier molecular flexibility index (Phi) is 8.58. The average molecular weight is 404 g/mol. The van der Waals surface area contributed by atoms with Gasteiger partial charge in [0.25, 0.3) is 0 Å². The van der Waals surface area contributed by atoms with Crippen LogP contribution < -0.4 is 5.73 Å². The van der Waals surface area contributed by atoms with Crippen molar-refractivity contribution in [3.8, 4) is 0 Å². The van der Waals surface area contributed by atoms with Crippen molar-refractivity contribution in [2.45, 2.75) is 30.3 Å². The Labute approximate surface area is 153 Å². The molecule has 0 spiro atoms. The number of hydrogen-bond donors (Lipinski definition) is 1. The van der Waals surface area contributed by atoms with E-state index in [4.69, 9.17) is 33.7 Å². The van der Waals surface area contributed by atoms with Crippen LogP contribution in [0.1, 0.15) is 19.3 Å². The molecule has 1 saturated heterocycles. The average Bonchev–Trinajstić information content (AvgIpc) is 2.50. The van der Waals surface area contributed by atoms with Gasteiger partial charge in [0.05, 0.1) is 11.1 Å². The van der Waals surface area contributed by atoms with Gasteiger partial charge in [0.1, 0.15) is 4.90 Å². The Morgan fingerprint density at radius 3 is 2.52 bits per heavy atom. The number of nitrogens with zero attached hydrogens (tertiary/aromatic N) is 1. The number of hydrogen-bond acceptors (Lipinski definition) is 4. The molecule has 2 rings (SSSR count). The lowest BCUT2D eigenvalue weighted by atomic mass is 10.1. The first-order valence-electron chi connectivity index (χ1n) is 7.22. The Balaban J connectivity index is 0.00000264. The van der Waals surface area contributed by atoms with E-state index in [0.29, 0.717) is 44.1 Å². The second kappa shape index (κ2) is 9.42. The maximum atomic E-state index is 12.7. The summed E-state index contributed by atoms with van der Waals surface area (Å²) in [6.07, 6.45) is 2.24. The molecule has 0 bridgehead atoms. The summed E-state index contributed by atoms with van der Waals surface area (Å²) >= 11 is 11.9. The van der Waals surface area contributed by atoms with E-state index in [0.717, 1.165) is 6.42 Å². The summed E-state index contributed by atoms with van der Waals surface area (Å²) in [6.45, 7) is 2.05. The molecule has 1 fully saturated rings. The highest BCUT2D eigenvalue weighted by molar-refractivity contribution is 7.89. The molecule has 2 N–H and O–H groups in total. The normalized spacial score (nSPS) is 17.0. The van der Waals surface area contributed by atoms with Crippen molar-refractivity contribution in [1.82, 2.24) is 4.31 Å². The van der Waals surface area contributed by atoms with E-state index in [-0.39, 0.29) is 28.4 Å². The quantitative estimate of drug-likeness (QED) is 0.741. The summed E-state index contributed by atoms with van der Waals surface area (Å²) in [4.78, 5) is 0.0594. The van der Waals surface area contributed by atoms with Gasteiger partial charge in [-0.15, -0.1) is 12.4 Å². The van der Waals surface area contributed by atoms with Crippen LogP contribution in [0.3, 0.4) is 0 Å². The van der Waals surface area contributed by atoms with Crippen LogP contribution in [-0.2, 0) is 14.8 Å². The number of sulfonamides is 1. The smallest absolute Gasteiger partial charge is 0.244 e. The monoisotopic (exact) mass is 402 g/mol. The van der Waals surface area contributed by atoms with Crippen molar-refractivity contribution in [2.75, 3.05) is 26.2 Å². The predicted octanol–water partition coefficient (Wildman–Crippen LogP) is 2.93. The van der Waals surface area contributed by atoms with E-state index in [1.54, 1.807) is 6.07 Å². The third kappa shape index (κ3) is 5.46. The molecule has 132 valence electrons. The highest BCUT2D eigenvalue weighted by atomic mass is 35.5. The van der Waals surface area contributed by atoms with Crippen LogP contribution in [0.5, 0.6) is 0 Å². The minimum Gasteiger partial charge on any atom is -0.378 e. The van der Waals surface area contributed by atoms with Gasteiger partial charge in [0.15, 0.2) is 0 Å². The molecule has 0 saturated carbocycles. The lowest BCUT2D eigenvalue weighted by molar-refractivity contribution is 0.0209. The molecule has 0 radical (unpaired) electrons. The Morgan fingerprint density at radius 2 is 1.91 bits per heavy atom. The number of halogens is 3. The summed E-state index contributed by atoms with van der Waals surface area (Å²) in [5, 5.41) is 0.536. The van der Waals surface area contributed by atoms with Gasteiger partial charge in [-0.3, -0.25) is 0 Å². The largest absolute Gasteiger partial charge is 0.378 e. The molecule has 1 aliphatic heterocycles. The lowest BCUT2D eigenvalue weighted by Gasteiger charge is -2.31. The fourth-order valence-electron chi connectivity index (χ4n) is 2.39. The number of ether oxygens (including phenoxy) is 1. The maximum Gasteiger partial charge on any atom is 0.244 e. The molecule has 23 heavy (non-hydrogen) atoms. The zero-order valence-electron chi connectivity index (χ0n) is 12.6. The van der Waals surface area contributed by atoms with E-state index >= 15 is 0 Å². The van der Waals surface area contributed by atoms with Gasteiger partial charge in [-0.2, -0.15) is 4.31 Å². The van der Waals surface area contributed by atoms with Crippen molar-refractivity contribution in [2.24, 2.45) is 5.73 Å². The van der Waals surface area contributed by atoms with Crippen LogP contribution in [0.2, 0.25) is 10.0 Å². The van der Waals surface area contributed by atoms with Crippen LogP contribution in [-0.4, -0.2) is 45.1 Å². The first kappa shape index (κ1) is 21.0. The summed E-state index contributed by atoms with van der Waals surface area (Å²) < 4.78 is 32.4. The summed E-state index contributed by atoms with van der Waals surface area (Å²) in [6, 6.07) is 4.46. The van der Waals surface area contributed by atoms with E-state index in [1.807, 2.05) is 0 Å². The van der Waals surface area contributed by atoms with Gasteiger partial charge in [-0.05, 0) is 44.0 Å². The minimum absolute atomic E-state index is 0. The molecule has 0 unspecified atom stereocenters. The molecule has 1 aromatic rings. The second-order valence-electron chi connectivity index (χ2n) is 5.19. The zero-order chi connectivity index (χ0) is 16.2. The third-order valence-corrected chi connectivity index (χ3v) is 6.23. The Bertz CT molecular complexity index is 605.